The maximum absolute atomic E-state index is 13.5. The first-order chi connectivity index (χ1) is 11.2. The monoisotopic (exact) mass is 312 g/mol. The molecule has 1 saturated heterocycles. The summed E-state index contributed by atoms with van der Waals surface area (Å²) in [5.41, 5.74) is 3.44. The zero-order valence-electron chi connectivity index (χ0n) is 13.8. The van der Waals surface area contributed by atoms with E-state index in [1.807, 2.05) is 12.1 Å². The van der Waals surface area contributed by atoms with E-state index < -0.39 is 0 Å². The van der Waals surface area contributed by atoms with Crippen molar-refractivity contribution >= 4 is 0 Å². The van der Waals surface area contributed by atoms with E-state index >= 15 is 0 Å². The highest BCUT2D eigenvalue weighted by atomic mass is 19.1. The summed E-state index contributed by atoms with van der Waals surface area (Å²) in [5.74, 6) is -0.172. The van der Waals surface area contributed by atoms with Crippen LogP contribution in [-0.2, 0) is 6.42 Å². The molecule has 2 nitrogen and oxygen atoms in total. The largest absolute Gasteiger partial charge is 0.304 e. The minimum atomic E-state index is -0.172. The van der Waals surface area contributed by atoms with Crippen LogP contribution >= 0.6 is 0 Å². The van der Waals surface area contributed by atoms with Gasteiger partial charge in [0.05, 0.1) is 0 Å². The standard InChI is InChI=1S/C20H25FN2/c1-22-12-14-23(15-13-22)11-5-8-17-6-2-3-10-20(17)18-7-4-9-19(21)16-18/h2-4,6-7,9-10,16H,5,8,11-15H2,1H3. The van der Waals surface area contributed by atoms with E-state index in [-0.39, 0.29) is 5.82 Å². The Balaban J connectivity index is 1.62. The molecule has 2 aromatic rings. The lowest BCUT2D eigenvalue weighted by atomic mass is 9.96. The number of aryl methyl sites for hydroxylation is 1. The lowest BCUT2D eigenvalue weighted by Crippen LogP contribution is -2.44. The molecule has 23 heavy (non-hydrogen) atoms. The summed E-state index contributed by atoms with van der Waals surface area (Å²) in [6.07, 6.45) is 2.19. The molecule has 0 unspecified atom stereocenters. The SMILES string of the molecule is CN1CCN(CCCc2ccccc2-c2cccc(F)c2)CC1. The number of hydrogen-bond acceptors (Lipinski definition) is 2. The summed E-state index contributed by atoms with van der Waals surface area (Å²) < 4.78 is 13.5. The summed E-state index contributed by atoms with van der Waals surface area (Å²) >= 11 is 0. The Morgan fingerprint density at radius 1 is 0.957 bits per heavy atom. The van der Waals surface area contributed by atoms with Gasteiger partial charge in [0.15, 0.2) is 0 Å². The summed E-state index contributed by atoms with van der Waals surface area (Å²) in [4.78, 5) is 4.93. The van der Waals surface area contributed by atoms with Gasteiger partial charge < -0.3 is 9.80 Å². The molecule has 0 aliphatic carbocycles. The van der Waals surface area contributed by atoms with Crippen molar-refractivity contribution in [1.29, 1.82) is 0 Å². The van der Waals surface area contributed by atoms with E-state index in [4.69, 9.17) is 0 Å². The van der Waals surface area contributed by atoms with Crippen molar-refractivity contribution in [3.63, 3.8) is 0 Å². The van der Waals surface area contributed by atoms with Gasteiger partial charge in [-0.05, 0) is 55.3 Å². The van der Waals surface area contributed by atoms with Crippen molar-refractivity contribution < 1.29 is 4.39 Å². The number of nitrogens with zero attached hydrogens (tertiary/aromatic N) is 2. The summed E-state index contributed by atoms with van der Waals surface area (Å²) in [7, 11) is 2.19. The van der Waals surface area contributed by atoms with Gasteiger partial charge in [-0.3, -0.25) is 0 Å². The summed E-state index contributed by atoms with van der Waals surface area (Å²) in [5, 5.41) is 0. The third kappa shape index (κ3) is 4.40. The molecule has 0 saturated carbocycles. The third-order valence-corrected chi connectivity index (χ3v) is 4.67. The fourth-order valence-electron chi connectivity index (χ4n) is 3.24. The molecule has 3 heteroatoms. The van der Waals surface area contributed by atoms with Crippen LogP contribution in [-0.4, -0.2) is 49.6 Å². The van der Waals surface area contributed by atoms with Crippen molar-refractivity contribution in [2.75, 3.05) is 39.8 Å². The van der Waals surface area contributed by atoms with Crippen molar-refractivity contribution in [3.8, 4) is 11.1 Å². The molecular weight excluding hydrogens is 287 g/mol. The minimum absolute atomic E-state index is 0.172. The van der Waals surface area contributed by atoms with Gasteiger partial charge in [-0.25, -0.2) is 4.39 Å². The van der Waals surface area contributed by atoms with Crippen LogP contribution < -0.4 is 0 Å². The van der Waals surface area contributed by atoms with Gasteiger partial charge in [0.25, 0.3) is 0 Å². The zero-order chi connectivity index (χ0) is 16.1. The Morgan fingerprint density at radius 2 is 1.74 bits per heavy atom. The molecule has 0 aromatic heterocycles. The van der Waals surface area contributed by atoms with Crippen LogP contribution in [0.5, 0.6) is 0 Å². The molecule has 0 bridgehead atoms. The number of rotatable bonds is 5. The third-order valence-electron chi connectivity index (χ3n) is 4.67. The Bertz CT molecular complexity index is 633. The minimum Gasteiger partial charge on any atom is -0.304 e. The molecule has 0 atom stereocenters. The van der Waals surface area contributed by atoms with E-state index in [1.165, 1.54) is 37.8 Å². The highest BCUT2D eigenvalue weighted by Crippen LogP contribution is 2.25. The molecule has 0 radical (unpaired) electrons. The molecule has 2 aromatic carbocycles. The first-order valence-electron chi connectivity index (χ1n) is 8.47. The Morgan fingerprint density at radius 3 is 2.52 bits per heavy atom. The van der Waals surface area contributed by atoms with E-state index in [0.717, 1.165) is 30.5 Å². The first kappa shape index (κ1) is 16.2. The normalized spacial score (nSPS) is 16.6. The highest BCUT2D eigenvalue weighted by molar-refractivity contribution is 5.67. The van der Waals surface area contributed by atoms with Crippen molar-refractivity contribution in [2.24, 2.45) is 0 Å². The number of piperazine rings is 1. The van der Waals surface area contributed by atoms with Crippen LogP contribution in [0.25, 0.3) is 11.1 Å². The molecular formula is C20H25FN2. The Hall–Kier alpha value is -1.71. The zero-order valence-corrected chi connectivity index (χ0v) is 13.8. The Labute approximate surface area is 138 Å². The second kappa shape index (κ2) is 7.71. The van der Waals surface area contributed by atoms with Crippen LogP contribution in [0.4, 0.5) is 4.39 Å². The molecule has 0 N–H and O–H groups in total. The summed E-state index contributed by atoms with van der Waals surface area (Å²) in [6.45, 7) is 5.81. The van der Waals surface area contributed by atoms with Gasteiger partial charge in [0.2, 0.25) is 0 Å². The molecule has 1 aliphatic rings. The van der Waals surface area contributed by atoms with Crippen LogP contribution in [0.3, 0.4) is 0 Å². The second-order valence-electron chi connectivity index (χ2n) is 6.42. The van der Waals surface area contributed by atoms with E-state index in [9.17, 15) is 4.39 Å². The van der Waals surface area contributed by atoms with E-state index in [1.54, 1.807) is 12.1 Å². The van der Waals surface area contributed by atoms with Gasteiger partial charge in [-0.2, -0.15) is 0 Å². The van der Waals surface area contributed by atoms with E-state index in [2.05, 4.69) is 35.0 Å². The molecule has 1 aliphatic heterocycles. The van der Waals surface area contributed by atoms with Crippen molar-refractivity contribution in [2.45, 2.75) is 12.8 Å². The van der Waals surface area contributed by atoms with Crippen LogP contribution in [0.1, 0.15) is 12.0 Å². The maximum Gasteiger partial charge on any atom is 0.123 e. The van der Waals surface area contributed by atoms with Crippen molar-refractivity contribution in [3.05, 3.63) is 59.9 Å². The molecule has 1 heterocycles. The number of hydrogen-bond donors (Lipinski definition) is 0. The van der Waals surface area contributed by atoms with E-state index in [0.29, 0.717) is 0 Å². The summed E-state index contributed by atoms with van der Waals surface area (Å²) in [6, 6.07) is 15.3. The van der Waals surface area contributed by atoms with Crippen LogP contribution in [0, 0.1) is 5.82 Å². The maximum atomic E-state index is 13.5. The average Bonchev–Trinajstić information content (AvgIpc) is 2.57. The molecule has 0 amide bonds. The Kier molecular flexibility index (Phi) is 5.42. The van der Waals surface area contributed by atoms with Gasteiger partial charge >= 0.3 is 0 Å². The van der Waals surface area contributed by atoms with Crippen LogP contribution in [0.15, 0.2) is 48.5 Å². The lowest BCUT2D eigenvalue weighted by Gasteiger charge is -2.32. The van der Waals surface area contributed by atoms with Crippen molar-refractivity contribution in [1.82, 2.24) is 9.80 Å². The van der Waals surface area contributed by atoms with Gasteiger partial charge in [0.1, 0.15) is 5.82 Å². The van der Waals surface area contributed by atoms with Gasteiger partial charge in [-0.1, -0.05) is 36.4 Å². The fourth-order valence-corrected chi connectivity index (χ4v) is 3.24. The molecule has 122 valence electrons. The van der Waals surface area contributed by atoms with Crippen LogP contribution in [0.2, 0.25) is 0 Å². The topological polar surface area (TPSA) is 6.48 Å². The fraction of sp³-hybridized carbons (Fsp3) is 0.400. The molecule has 0 spiro atoms. The number of likely N-dealkylation sites (N-methyl/N-ethyl adjacent to an activating group) is 1. The molecule has 3 rings (SSSR count). The average molecular weight is 312 g/mol. The van der Waals surface area contributed by atoms with Gasteiger partial charge in [-0.15, -0.1) is 0 Å². The quantitative estimate of drug-likeness (QED) is 0.831. The smallest absolute Gasteiger partial charge is 0.123 e. The molecule has 1 fully saturated rings. The lowest BCUT2D eigenvalue weighted by molar-refractivity contribution is 0.153. The number of benzene rings is 2. The number of halogens is 1. The first-order valence-corrected chi connectivity index (χ1v) is 8.47. The second-order valence-corrected chi connectivity index (χ2v) is 6.42. The highest BCUT2D eigenvalue weighted by Gasteiger charge is 2.13. The van der Waals surface area contributed by atoms with Gasteiger partial charge in [0, 0.05) is 26.2 Å². The predicted octanol–water partition coefficient (Wildman–Crippen LogP) is 3.67. The predicted molar refractivity (Wildman–Crippen MR) is 94.1 cm³/mol.